The number of fused-ring (bicyclic) bond motifs is 1. The molecule has 0 fully saturated rings. The van der Waals surface area contributed by atoms with Crippen molar-refractivity contribution < 1.29 is 13.9 Å². The molecule has 0 amide bonds. The van der Waals surface area contributed by atoms with Crippen molar-refractivity contribution in [2.45, 2.75) is 13.8 Å². The highest BCUT2D eigenvalue weighted by Crippen LogP contribution is 2.31. The highest BCUT2D eigenvalue weighted by molar-refractivity contribution is 5.84. The molecular formula is C26H23FN2O3. The molecule has 0 aliphatic rings. The lowest BCUT2D eigenvalue weighted by Gasteiger charge is -2.15. The average Bonchev–Trinajstić information content (AvgIpc) is 2.78. The van der Waals surface area contributed by atoms with E-state index >= 15 is 0 Å². The van der Waals surface area contributed by atoms with E-state index in [1.165, 1.54) is 20.3 Å². The van der Waals surface area contributed by atoms with E-state index in [0.29, 0.717) is 39.5 Å². The van der Waals surface area contributed by atoms with Gasteiger partial charge in [-0.2, -0.15) is 0 Å². The Morgan fingerprint density at radius 3 is 2.34 bits per heavy atom. The van der Waals surface area contributed by atoms with Crippen molar-refractivity contribution in [3.05, 3.63) is 93.3 Å². The monoisotopic (exact) mass is 430 g/mol. The molecule has 4 rings (SSSR count). The van der Waals surface area contributed by atoms with Gasteiger partial charge >= 0.3 is 0 Å². The summed E-state index contributed by atoms with van der Waals surface area (Å²) in [7, 11) is 3.05. The number of hydrogen-bond donors (Lipinski definition) is 0. The Labute approximate surface area is 185 Å². The largest absolute Gasteiger partial charge is 0.493 e. The second-order valence-electron chi connectivity index (χ2n) is 7.48. The Bertz CT molecular complexity index is 1410. The van der Waals surface area contributed by atoms with Gasteiger partial charge in [-0.15, -0.1) is 0 Å². The van der Waals surface area contributed by atoms with Crippen molar-refractivity contribution in [1.29, 1.82) is 0 Å². The Kier molecular flexibility index (Phi) is 5.77. The summed E-state index contributed by atoms with van der Waals surface area (Å²) in [6.45, 7) is 3.94. The summed E-state index contributed by atoms with van der Waals surface area (Å²) < 4.78 is 26.5. The highest BCUT2D eigenvalue weighted by Gasteiger charge is 2.16. The minimum absolute atomic E-state index is 0.254. The smallest absolute Gasteiger partial charge is 0.266 e. The van der Waals surface area contributed by atoms with E-state index < -0.39 is 0 Å². The summed E-state index contributed by atoms with van der Waals surface area (Å²) in [5.41, 5.74) is 3.33. The first-order valence-corrected chi connectivity index (χ1v) is 10.1. The molecule has 5 nitrogen and oxygen atoms in total. The number of ether oxygens (including phenoxy) is 2. The first-order valence-electron chi connectivity index (χ1n) is 10.1. The van der Waals surface area contributed by atoms with Gasteiger partial charge in [0.25, 0.3) is 5.56 Å². The van der Waals surface area contributed by atoms with Crippen LogP contribution in [0.3, 0.4) is 0 Å². The third-order valence-electron chi connectivity index (χ3n) is 5.31. The van der Waals surface area contributed by atoms with Crippen LogP contribution >= 0.6 is 0 Å². The molecular weight excluding hydrogens is 407 g/mol. The van der Waals surface area contributed by atoms with Crippen molar-refractivity contribution in [2.75, 3.05) is 14.2 Å². The van der Waals surface area contributed by atoms with E-state index in [9.17, 15) is 9.18 Å². The Balaban J connectivity index is 2.03. The minimum Gasteiger partial charge on any atom is -0.493 e. The standard InChI is InChI=1S/C26H23FN2O3/c1-16-9-11-22(17(2)13-16)29-25(12-10-18-7-5-6-8-20(18)27)28-21-15-24(32-4)23(31-3)14-19(21)26(29)30/h5-15H,1-4H3/b12-10+. The van der Waals surface area contributed by atoms with Crippen LogP contribution in [0.2, 0.25) is 0 Å². The quantitative estimate of drug-likeness (QED) is 0.430. The topological polar surface area (TPSA) is 53.4 Å². The number of benzene rings is 3. The molecule has 4 aromatic rings. The lowest BCUT2D eigenvalue weighted by molar-refractivity contribution is 0.355. The van der Waals surface area contributed by atoms with Crippen LogP contribution in [0.15, 0.2) is 59.4 Å². The van der Waals surface area contributed by atoms with Crippen molar-refractivity contribution in [2.24, 2.45) is 0 Å². The molecule has 0 saturated heterocycles. The van der Waals surface area contributed by atoms with Gasteiger partial charge in [-0.1, -0.05) is 35.9 Å². The van der Waals surface area contributed by atoms with Gasteiger partial charge in [-0.05, 0) is 49.8 Å². The molecule has 0 N–H and O–H groups in total. The van der Waals surface area contributed by atoms with Crippen LogP contribution in [0, 0.1) is 19.7 Å². The van der Waals surface area contributed by atoms with Crippen LogP contribution in [0.1, 0.15) is 22.5 Å². The van der Waals surface area contributed by atoms with Crippen LogP contribution in [-0.2, 0) is 0 Å². The molecule has 0 spiro atoms. The van der Waals surface area contributed by atoms with Gasteiger partial charge in [0.2, 0.25) is 0 Å². The molecule has 0 aliphatic heterocycles. The minimum atomic E-state index is -0.351. The fraction of sp³-hybridized carbons (Fsp3) is 0.154. The second kappa shape index (κ2) is 8.67. The second-order valence-corrected chi connectivity index (χ2v) is 7.48. The van der Waals surface area contributed by atoms with E-state index in [0.717, 1.165) is 11.1 Å². The van der Waals surface area contributed by atoms with E-state index in [-0.39, 0.29) is 11.4 Å². The molecule has 3 aromatic carbocycles. The fourth-order valence-corrected chi connectivity index (χ4v) is 3.71. The maximum Gasteiger partial charge on any atom is 0.266 e. The number of aromatic nitrogens is 2. The van der Waals surface area contributed by atoms with Crippen LogP contribution in [0.25, 0.3) is 28.7 Å². The normalized spacial score (nSPS) is 11.3. The third kappa shape index (κ3) is 3.87. The van der Waals surface area contributed by atoms with Gasteiger partial charge in [-0.25, -0.2) is 9.37 Å². The molecule has 1 heterocycles. The molecule has 32 heavy (non-hydrogen) atoms. The van der Waals surface area contributed by atoms with Crippen LogP contribution in [-0.4, -0.2) is 23.8 Å². The SMILES string of the molecule is COc1cc2nc(/C=C/c3ccccc3F)n(-c3ccc(C)cc3C)c(=O)c2cc1OC. The molecule has 0 bridgehead atoms. The zero-order valence-corrected chi connectivity index (χ0v) is 18.3. The Hall–Kier alpha value is -3.93. The molecule has 0 aliphatic carbocycles. The first-order chi connectivity index (χ1) is 15.4. The van der Waals surface area contributed by atoms with E-state index in [4.69, 9.17) is 14.5 Å². The predicted molar refractivity (Wildman–Crippen MR) is 125 cm³/mol. The Morgan fingerprint density at radius 1 is 0.938 bits per heavy atom. The molecule has 162 valence electrons. The summed E-state index contributed by atoms with van der Waals surface area (Å²) in [5.74, 6) is 0.946. The van der Waals surface area contributed by atoms with Crippen LogP contribution < -0.4 is 15.0 Å². The van der Waals surface area contributed by atoms with E-state index in [1.807, 2.05) is 32.0 Å². The van der Waals surface area contributed by atoms with Gasteiger partial charge < -0.3 is 9.47 Å². The van der Waals surface area contributed by atoms with Crippen LogP contribution in [0.5, 0.6) is 11.5 Å². The van der Waals surface area contributed by atoms with Gasteiger partial charge in [0.15, 0.2) is 11.5 Å². The Morgan fingerprint density at radius 2 is 1.66 bits per heavy atom. The number of rotatable bonds is 5. The molecule has 6 heteroatoms. The zero-order valence-electron chi connectivity index (χ0n) is 18.3. The predicted octanol–water partition coefficient (Wildman–Crippen LogP) is 5.33. The lowest BCUT2D eigenvalue weighted by Crippen LogP contribution is -2.23. The number of nitrogens with zero attached hydrogens (tertiary/aromatic N) is 2. The van der Waals surface area contributed by atoms with Gasteiger partial charge in [0.05, 0.1) is 30.8 Å². The third-order valence-corrected chi connectivity index (χ3v) is 5.31. The van der Waals surface area contributed by atoms with Crippen molar-refractivity contribution in [1.82, 2.24) is 9.55 Å². The maximum atomic E-state index is 14.2. The van der Waals surface area contributed by atoms with Crippen molar-refractivity contribution >= 4 is 23.1 Å². The van der Waals surface area contributed by atoms with Crippen molar-refractivity contribution in [3.8, 4) is 17.2 Å². The van der Waals surface area contributed by atoms with Crippen LogP contribution in [0.4, 0.5) is 4.39 Å². The summed E-state index contributed by atoms with van der Waals surface area (Å²) in [5, 5.41) is 0.394. The van der Waals surface area contributed by atoms with Gasteiger partial charge in [0, 0.05) is 11.6 Å². The van der Waals surface area contributed by atoms with Crippen molar-refractivity contribution in [3.63, 3.8) is 0 Å². The number of hydrogen-bond acceptors (Lipinski definition) is 4. The lowest BCUT2D eigenvalue weighted by atomic mass is 10.1. The van der Waals surface area contributed by atoms with Gasteiger partial charge in [-0.3, -0.25) is 9.36 Å². The average molecular weight is 430 g/mol. The molecule has 0 saturated carbocycles. The van der Waals surface area contributed by atoms with Gasteiger partial charge in [0.1, 0.15) is 11.6 Å². The molecule has 1 aromatic heterocycles. The summed E-state index contributed by atoms with van der Waals surface area (Å²) in [6.07, 6.45) is 3.26. The molecule has 0 radical (unpaired) electrons. The summed E-state index contributed by atoms with van der Waals surface area (Å²) in [4.78, 5) is 18.4. The van der Waals surface area contributed by atoms with E-state index in [2.05, 4.69) is 0 Å². The summed E-state index contributed by atoms with van der Waals surface area (Å²) >= 11 is 0. The summed E-state index contributed by atoms with van der Waals surface area (Å²) in [6, 6.07) is 15.6. The molecule has 0 unspecified atom stereocenters. The van der Waals surface area contributed by atoms with E-state index in [1.54, 1.807) is 47.1 Å². The zero-order chi connectivity index (χ0) is 22.8. The molecule has 0 atom stereocenters. The highest BCUT2D eigenvalue weighted by atomic mass is 19.1. The first kappa shape index (κ1) is 21.3. The maximum absolute atomic E-state index is 14.2. The fourth-order valence-electron chi connectivity index (χ4n) is 3.71. The number of methoxy groups -OCH3 is 2. The number of aryl methyl sites for hydroxylation is 2. The number of halogens is 1.